The molecule has 10 nitrogen and oxygen atoms in total. The van der Waals surface area contributed by atoms with Gasteiger partial charge in [-0.15, -0.1) is 4.83 Å². The second kappa shape index (κ2) is 6.63. The van der Waals surface area contributed by atoms with E-state index < -0.39 is 47.2 Å². The van der Waals surface area contributed by atoms with Gasteiger partial charge in [0.15, 0.2) is 14.7 Å². The first-order valence-corrected chi connectivity index (χ1v) is 10.2. The number of nitrogens with one attached hydrogen (secondary N) is 2. The molecule has 24 heavy (non-hydrogen) atoms. The normalized spacial score (nSPS) is 19.8. The summed E-state index contributed by atoms with van der Waals surface area (Å²) in [5.41, 5.74) is 1.13. The Kier molecular flexibility index (Phi) is 5.13. The topological polar surface area (TPSA) is 153 Å². The summed E-state index contributed by atoms with van der Waals surface area (Å²) in [6, 6.07) is 2.94. The molecule has 1 aliphatic rings. The largest absolute Gasteiger partial charge is 0.290 e. The first-order chi connectivity index (χ1) is 11.0. The van der Waals surface area contributed by atoms with E-state index in [9.17, 15) is 31.7 Å². The summed E-state index contributed by atoms with van der Waals surface area (Å²) in [5.74, 6) is -2.23. The fraction of sp³-hybridized carbons (Fsp3) is 0.364. The van der Waals surface area contributed by atoms with Crippen LogP contribution < -0.4 is 10.3 Å². The summed E-state index contributed by atoms with van der Waals surface area (Å²) in [6.07, 6.45) is 0.0803. The van der Waals surface area contributed by atoms with Crippen molar-refractivity contribution in [3.8, 4) is 0 Å². The van der Waals surface area contributed by atoms with Crippen LogP contribution in [0.25, 0.3) is 0 Å². The first-order valence-electron chi connectivity index (χ1n) is 6.48. The molecule has 1 fully saturated rings. The smallest absolute Gasteiger partial charge is 0.277 e. The predicted octanol–water partition coefficient (Wildman–Crippen LogP) is -0.00760. The monoisotopic (exact) mass is 397 g/mol. The summed E-state index contributed by atoms with van der Waals surface area (Å²) >= 11 is 5.61. The molecule has 1 heterocycles. The Hall–Kier alpha value is -1.76. The number of nitro benzene ring substituents is 1. The molecule has 0 radical (unpaired) electrons. The fourth-order valence-corrected chi connectivity index (χ4v) is 5.05. The zero-order valence-electron chi connectivity index (χ0n) is 11.9. The van der Waals surface area contributed by atoms with Crippen LogP contribution in [0.15, 0.2) is 23.1 Å². The van der Waals surface area contributed by atoms with E-state index in [1.807, 2.05) is 5.43 Å². The van der Waals surface area contributed by atoms with E-state index in [1.54, 1.807) is 4.83 Å². The number of hydrazine groups is 1. The number of rotatable bonds is 5. The van der Waals surface area contributed by atoms with Gasteiger partial charge in [-0.3, -0.25) is 20.3 Å². The van der Waals surface area contributed by atoms with Crippen LogP contribution in [0.1, 0.15) is 6.42 Å². The third kappa shape index (κ3) is 4.20. The van der Waals surface area contributed by atoms with Crippen LogP contribution in [0.3, 0.4) is 0 Å². The summed E-state index contributed by atoms with van der Waals surface area (Å²) in [4.78, 5) is 22.9. The molecule has 132 valence electrons. The Balaban J connectivity index is 2.15. The number of hydrogen-bond donors (Lipinski definition) is 2. The third-order valence-electron chi connectivity index (χ3n) is 3.32. The first kappa shape index (κ1) is 18.6. The second-order valence-electron chi connectivity index (χ2n) is 5.06. The van der Waals surface area contributed by atoms with Crippen molar-refractivity contribution in [1.82, 2.24) is 10.3 Å². The predicted molar refractivity (Wildman–Crippen MR) is 83.3 cm³/mol. The highest BCUT2D eigenvalue weighted by Gasteiger charge is 2.34. The van der Waals surface area contributed by atoms with Crippen molar-refractivity contribution in [2.75, 3.05) is 11.5 Å². The van der Waals surface area contributed by atoms with E-state index in [0.29, 0.717) is 0 Å². The molecule has 0 aliphatic carbocycles. The molecule has 0 aromatic heterocycles. The number of carbonyl (C=O) groups is 1. The van der Waals surface area contributed by atoms with Crippen LogP contribution in [-0.4, -0.2) is 39.2 Å². The maximum absolute atomic E-state index is 12.1. The lowest BCUT2D eigenvalue weighted by atomic mass is 10.1. The maximum atomic E-state index is 12.1. The Morgan fingerprint density at radius 2 is 2.04 bits per heavy atom. The molecule has 1 aromatic rings. The highest BCUT2D eigenvalue weighted by Crippen LogP contribution is 2.26. The number of benzene rings is 1. The van der Waals surface area contributed by atoms with Crippen molar-refractivity contribution >= 4 is 43.1 Å². The van der Waals surface area contributed by atoms with Crippen molar-refractivity contribution in [3.63, 3.8) is 0 Å². The second-order valence-corrected chi connectivity index (χ2v) is 9.38. The number of nitro groups is 1. The molecular formula is C11H12ClN3O7S2. The van der Waals surface area contributed by atoms with E-state index in [-0.39, 0.29) is 22.9 Å². The fourth-order valence-electron chi connectivity index (χ4n) is 2.14. The molecule has 0 saturated carbocycles. The molecule has 2 N–H and O–H groups in total. The minimum atomic E-state index is -4.44. The number of nitrogens with zero attached hydrogens (tertiary/aromatic N) is 1. The Morgan fingerprint density at radius 3 is 2.58 bits per heavy atom. The standard InChI is InChI=1S/C11H12ClN3O7S2/c12-8-1-2-10(9(5-8)15(17)18)24(21,22)14-13-11(16)7-3-4-23(19,20)6-7/h1-2,5,7,14H,3-4,6H2,(H,13,16). The Bertz CT molecular complexity index is 898. The highest BCUT2D eigenvalue weighted by atomic mass is 35.5. The van der Waals surface area contributed by atoms with Gasteiger partial charge in [0.05, 0.1) is 22.3 Å². The SMILES string of the molecule is O=C(NNS(=O)(=O)c1ccc(Cl)cc1[N+](=O)[O-])C1CCS(=O)(=O)C1. The van der Waals surface area contributed by atoms with Gasteiger partial charge < -0.3 is 0 Å². The van der Waals surface area contributed by atoms with E-state index in [0.717, 1.165) is 18.2 Å². The third-order valence-corrected chi connectivity index (χ3v) is 6.62. The van der Waals surface area contributed by atoms with Crippen LogP contribution in [0.4, 0.5) is 5.69 Å². The molecule has 1 atom stereocenters. The molecule has 1 amide bonds. The molecule has 1 unspecified atom stereocenters. The zero-order chi connectivity index (χ0) is 18.1. The Labute approximate surface area is 142 Å². The minimum absolute atomic E-state index is 0.0270. The lowest BCUT2D eigenvalue weighted by Gasteiger charge is -2.11. The molecule has 1 aliphatic heterocycles. The molecule has 0 spiro atoms. The van der Waals surface area contributed by atoms with Crippen LogP contribution >= 0.6 is 11.6 Å². The minimum Gasteiger partial charge on any atom is -0.277 e. The van der Waals surface area contributed by atoms with Gasteiger partial charge in [-0.1, -0.05) is 11.6 Å². The molecule has 2 rings (SSSR count). The van der Waals surface area contributed by atoms with Gasteiger partial charge in [0.25, 0.3) is 15.7 Å². The Morgan fingerprint density at radius 1 is 1.38 bits per heavy atom. The van der Waals surface area contributed by atoms with E-state index in [1.165, 1.54) is 0 Å². The lowest BCUT2D eigenvalue weighted by molar-refractivity contribution is -0.387. The quantitative estimate of drug-likeness (QED) is 0.523. The van der Waals surface area contributed by atoms with Crippen LogP contribution in [0.2, 0.25) is 5.02 Å². The van der Waals surface area contributed by atoms with Crippen molar-refractivity contribution in [2.45, 2.75) is 11.3 Å². The van der Waals surface area contributed by atoms with Gasteiger partial charge in [0, 0.05) is 11.1 Å². The molecular weight excluding hydrogens is 386 g/mol. The molecule has 1 saturated heterocycles. The van der Waals surface area contributed by atoms with Gasteiger partial charge >= 0.3 is 0 Å². The van der Waals surface area contributed by atoms with Gasteiger partial charge in [-0.2, -0.15) is 0 Å². The van der Waals surface area contributed by atoms with Crippen LogP contribution in [0.5, 0.6) is 0 Å². The zero-order valence-corrected chi connectivity index (χ0v) is 14.3. The van der Waals surface area contributed by atoms with Crippen LogP contribution in [-0.2, 0) is 24.7 Å². The van der Waals surface area contributed by atoms with Gasteiger partial charge in [-0.05, 0) is 18.6 Å². The average Bonchev–Trinajstić information content (AvgIpc) is 2.84. The van der Waals surface area contributed by atoms with Crippen molar-refractivity contribution in [1.29, 1.82) is 0 Å². The van der Waals surface area contributed by atoms with Gasteiger partial charge in [-0.25, -0.2) is 16.8 Å². The van der Waals surface area contributed by atoms with E-state index in [4.69, 9.17) is 11.6 Å². The van der Waals surface area contributed by atoms with Crippen LogP contribution in [0, 0.1) is 16.0 Å². The van der Waals surface area contributed by atoms with Crippen molar-refractivity contribution in [3.05, 3.63) is 33.3 Å². The highest BCUT2D eigenvalue weighted by molar-refractivity contribution is 7.91. The summed E-state index contributed by atoms with van der Waals surface area (Å²) in [6.45, 7) is 0. The van der Waals surface area contributed by atoms with Gasteiger partial charge in [0.2, 0.25) is 5.91 Å². The summed E-state index contributed by atoms with van der Waals surface area (Å²) in [7, 11) is -7.75. The average molecular weight is 398 g/mol. The van der Waals surface area contributed by atoms with E-state index in [2.05, 4.69) is 0 Å². The van der Waals surface area contributed by atoms with Gasteiger partial charge in [0.1, 0.15) is 0 Å². The number of carbonyl (C=O) groups excluding carboxylic acids is 1. The van der Waals surface area contributed by atoms with Crippen molar-refractivity contribution < 1.29 is 26.6 Å². The summed E-state index contributed by atoms with van der Waals surface area (Å²) in [5, 5.41) is 10.9. The number of sulfone groups is 1. The number of hydrogen-bond acceptors (Lipinski definition) is 7. The molecule has 0 bridgehead atoms. The molecule has 13 heteroatoms. The van der Waals surface area contributed by atoms with Crippen molar-refractivity contribution in [2.24, 2.45) is 5.92 Å². The van der Waals surface area contributed by atoms with E-state index >= 15 is 0 Å². The molecule has 1 aromatic carbocycles. The maximum Gasteiger partial charge on any atom is 0.290 e. The number of amides is 1. The summed E-state index contributed by atoms with van der Waals surface area (Å²) < 4.78 is 46.9. The lowest BCUT2D eigenvalue weighted by Crippen LogP contribution is -2.44. The number of halogens is 1. The number of sulfonamides is 1.